The maximum absolute atomic E-state index is 12.9. The second kappa shape index (κ2) is 5.56. The molecule has 0 radical (unpaired) electrons. The summed E-state index contributed by atoms with van der Waals surface area (Å²) in [6.07, 6.45) is 0. The summed E-state index contributed by atoms with van der Waals surface area (Å²) < 4.78 is 36.5. The van der Waals surface area contributed by atoms with Gasteiger partial charge in [-0.3, -0.25) is 4.79 Å². The maximum atomic E-state index is 12.9. The van der Waals surface area contributed by atoms with Crippen LogP contribution >= 0.6 is 0 Å². The number of nitrogen functional groups attached to an aromatic ring is 1. The highest BCUT2D eigenvalue weighted by Gasteiger charge is 2.30. The molecule has 1 aromatic rings. The van der Waals surface area contributed by atoms with Gasteiger partial charge in [-0.25, -0.2) is 12.8 Å². The van der Waals surface area contributed by atoms with E-state index in [0.717, 1.165) is 12.1 Å². The van der Waals surface area contributed by atoms with Gasteiger partial charge in [0, 0.05) is 0 Å². The zero-order valence-electron chi connectivity index (χ0n) is 11.0. The Morgan fingerprint density at radius 3 is 2.37 bits per heavy atom. The van der Waals surface area contributed by atoms with Gasteiger partial charge >= 0.3 is 0 Å². The first kappa shape index (κ1) is 15.4. The summed E-state index contributed by atoms with van der Waals surface area (Å²) in [7, 11) is -3.54. The number of halogens is 1. The van der Waals surface area contributed by atoms with Crippen LogP contribution in [0.15, 0.2) is 18.2 Å². The summed E-state index contributed by atoms with van der Waals surface area (Å²) in [6, 6.07) is 3.47. The highest BCUT2D eigenvalue weighted by Crippen LogP contribution is 2.20. The first-order valence-corrected chi connectivity index (χ1v) is 7.35. The molecule has 0 saturated carbocycles. The molecule has 0 aliphatic heterocycles. The Kier molecular flexibility index (Phi) is 4.52. The Labute approximate surface area is 111 Å². The molecule has 0 saturated heterocycles. The molecule has 0 aromatic heterocycles. The van der Waals surface area contributed by atoms with Crippen molar-refractivity contribution in [3.8, 4) is 0 Å². The van der Waals surface area contributed by atoms with Crippen molar-refractivity contribution in [2.75, 3.05) is 11.1 Å². The lowest BCUT2D eigenvalue weighted by atomic mass is 10.2. The Bertz CT molecular complexity index is 585. The van der Waals surface area contributed by atoms with E-state index in [1.54, 1.807) is 0 Å². The molecule has 0 heterocycles. The highest BCUT2D eigenvalue weighted by atomic mass is 32.2. The van der Waals surface area contributed by atoms with Crippen molar-refractivity contribution in [3.05, 3.63) is 24.0 Å². The van der Waals surface area contributed by atoms with Crippen molar-refractivity contribution in [2.24, 2.45) is 0 Å². The van der Waals surface area contributed by atoms with Gasteiger partial charge in [0.25, 0.3) is 0 Å². The fourth-order valence-electron chi connectivity index (χ4n) is 1.44. The van der Waals surface area contributed by atoms with E-state index in [9.17, 15) is 17.6 Å². The van der Waals surface area contributed by atoms with Crippen LogP contribution in [0.5, 0.6) is 0 Å². The molecule has 1 amide bonds. The van der Waals surface area contributed by atoms with Crippen LogP contribution < -0.4 is 11.1 Å². The third kappa shape index (κ3) is 3.44. The van der Waals surface area contributed by atoms with Gasteiger partial charge < -0.3 is 11.1 Å². The van der Waals surface area contributed by atoms with Crippen LogP contribution in [-0.2, 0) is 14.6 Å². The van der Waals surface area contributed by atoms with Gasteiger partial charge in [0.15, 0.2) is 9.84 Å². The molecule has 0 bridgehead atoms. The van der Waals surface area contributed by atoms with Gasteiger partial charge in [-0.05, 0) is 39.0 Å². The summed E-state index contributed by atoms with van der Waals surface area (Å²) in [5.41, 5.74) is 5.77. The lowest BCUT2D eigenvalue weighted by Gasteiger charge is -2.16. The monoisotopic (exact) mass is 288 g/mol. The highest BCUT2D eigenvalue weighted by molar-refractivity contribution is 7.93. The summed E-state index contributed by atoms with van der Waals surface area (Å²) in [4.78, 5) is 11.9. The minimum atomic E-state index is -3.54. The van der Waals surface area contributed by atoms with Crippen LogP contribution in [0.1, 0.15) is 20.8 Å². The number of rotatable bonds is 4. The van der Waals surface area contributed by atoms with Crippen LogP contribution in [0.3, 0.4) is 0 Å². The molecular weight excluding hydrogens is 271 g/mol. The normalized spacial score (nSPS) is 13.3. The zero-order chi connectivity index (χ0) is 14.8. The van der Waals surface area contributed by atoms with Gasteiger partial charge in [-0.1, -0.05) is 0 Å². The number of sulfone groups is 1. The topological polar surface area (TPSA) is 89.3 Å². The quantitative estimate of drug-likeness (QED) is 0.823. The van der Waals surface area contributed by atoms with E-state index in [2.05, 4.69) is 5.32 Å². The van der Waals surface area contributed by atoms with Crippen molar-refractivity contribution < 1.29 is 17.6 Å². The zero-order valence-corrected chi connectivity index (χ0v) is 11.8. The van der Waals surface area contributed by atoms with Crippen LogP contribution in [-0.4, -0.2) is 24.8 Å². The summed E-state index contributed by atoms with van der Waals surface area (Å²) in [6.45, 7) is 4.32. The Morgan fingerprint density at radius 1 is 1.32 bits per heavy atom. The van der Waals surface area contributed by atoms with Gasteiger partial charge in [0.2, 0.25) is 5.91 Å². The standard InChI is InChI=1S/C12H17FN2O3S/c1-7(2)19(17,18)8(3)12(16)15-11-5-4-9(13)6-10(11)14/h4-8H,14H2,1-3H3,(H,15,16). The summed E-state index contributed by atoms with van der Waals surface area (Å²) in [5, 5.41) is 0.537. The summed E-state index contributed by atoms with van der Waals surface area (Å²) in [5.74, 6) is -1.22. The van der Waals surface area contributed by atoms with E-state index in [1.165, 1.54) is 26.8 Å². The third-order valence-corrected chi connectivity index (χ3v) is 5.30. The number of carbonyl (C=O) groups is 1. The molecule has 19 heavy (non-hydrogen) atoms. The minimum absolute atomic E-state index is 0.0440. The van der Waals surface area contributed by atoms with E-state index < -0.39 is 32.1 Å². The molecule has 1 unspecified atom stereocenters. The van der Waals surface area contributed by atoms with Crippen LogP contribution in [0.2, 0.25) is 0 Å². The molecule has 5 nitrogen and oxygen atoms in total. The molecule has 7 heteroatoms. The molecular formula is C12H17FN2O3S. The Hall–Kier alpha value is -1.63. The molecule has 3 N–H and O–H groups in total. The van der Waals surface area contributed by atoms with Gasteiger partial charge in [0.05, 0.1) is 16.6 Å². The smallest absolute Gasteiger partial charge is 0.242 e. The van der Waals surface area contributed by atoms with Crippen molar-refractivity contribution in [1.29, 1.82) is 0 Å². The van der Waals surface area contributed by atoms with Crippen molar-refractivity contribution in [2.45, 2.75) is 31.3 Å². The number of nitrogens with two attached hydrogens (primary N) is 1. The van der Waals surface area contributed by atoms with Crippen LogP contribution in [0, 0.1) is 5.82 Å². The number of hydrogen-bond acceptors (Lipinski definition) is 4. The van der Waals surface area contributed by atoms with Gasteiger partial charge in [-0.15, -0.1) is 0 Å². The van der Waals surface area contributed by atoms with Crippen LogP contribution in [0.4, 0.5) is 15.8 Å². The SMILES string of the molecule is CC(C)S(=O)(=O)C(C)C(=O)Nc1ccc(F)cc1N. The maximum Gasteiger partial charge on any atom is 0.242 e. The van der Waals surface area contributed by atoms with Gasteiger partial charge in [0.1, 0.15) is 11.1 Å². The fraction of sp³-hybridized carbons (Fsp3) is 0.417. The van der Waals surface area contributed by atoms with E-state index >= 15 is 0 Å². The predicted molar refractivity (Wildman–Crippen MR) is 73.0 cm³/mol. The lowest BCUT2D eigenvalue weighted by Crippen LogP contribution is -2.36. The van der Waals surface area contributed by atoms with E-state index in [-0.39, 0.29) is 11.4 Å². The second-order valence-electron chi connectivity index (χ2n) is 4.50. The molecule has 0 fully saturated rings. The number of hydrogen-bond donors (Lipinski definition) is 2. The molecule has 1 aromatic carbocycles. The largest absolute Gasteiger partial charge is 0.397 e. The van der Waals surface area contributed by atoms with E-state index in [4.69, 9.17) is 5.73 Å². The average molecular weight is 288 g/mol. The first-order chi connectivity index (χ1) is 8.66. The Morgan fingerprint density at radius 2 is 1.89 bits per heavy atom. The average Bonchev–Trinajstić information content (AvgIpc) is 2.31. The summed E-state index contributed by atoms with van der Waals surface area (Å²) >= 11 is 0. The number of carbonyl (C=O) groups excluding carboxylic acids is 1. The molecule has 0 aliphatic carbocycles. The van der Waals surface area contributed by atoms with Crippen molar-refractivity contribution >= 4 is 27.1 Å². The predicted octanol–water partition coefficient (Wildman–Crippen LogP) is 1.56. The Balaban J connectivity index is 2.92. The third-order valence-electron chi connectivity index (χ3n) is 2.79. The van der Waals surface area contributed by atoms with Crippen molar-refractivity contribution in [1.82, 2.24) is 0 Å². The van der Waals surface area contributed by atoms with E-state index in [1.807, 2.05) is 0 Å². The molecule has 1 atom stereocenters. The molecule has 1 rings (SSSR count). The molecule has 0 aliphatic rings. The van der Waals surface area contributed by atoms with Gasteiger partial charge in [-0.2, -0.15) is 0 Å². The van der Waals surface area contributed by atoms with Crippen LogP contribution in [0.25, 0.3) is 0 Å². The molecule has 106 valence electrons. The number of nitrogens with one attached hydrogen (secondary N) is 1. The van der Waals surface area contributed by atoms with E-state index in [0.29, 0.717) is 0 Å². The number of benzene rings is 1. The lowest BCUT2D eigenvalue weighted by molar-refractivity contribution is -0.115. The minimum Gasteiger partial charge on any atom is -0.397 e. The number of amides is 1. The van der Waals surface area contributed by atoms with Crippen molar-refractivity contribution in [3.63, 3.8) is 0 Å². The number of anilines is 2. The fourth-order valence-corrected chi connectivity index (χ4v) is 2.61. The molecule has 0 spiro atoms. The second-order valence-corrected chi connectivity index (χ2v) is 7.33. The first-order valence-electron chi connectivity index (χ1n) is 5.75.